The summed E-state index contributed by atoms with van der Waals surface area (Å²) in [5.74, 6) is 0. The molecule has 0 fully saturated rings. The summed E-state index contributed by atoms with van der Waals surface area (Å²) >= 11 is 0. The molecule has 0 aliphatic rings. The minimum absolute atomic E-state index is 0.0365. The fourth-order valence-electron chi connectivity index (χ4n) is 0.744. The van der Waals surface area contributed by atoms with Crippen LogP contribution in [-0.2, 0) is 0 Å². The van der Waals surface area contributed by atoms with E-state index in [-0.39, 0.29) is 4.75 Å². The van der Waals surface area contributed by atoms with Gasteiger partial charge in [-0.2, -0.15) is 0 Å². The quantitative estimate of drug-likeness (QED) is 0.383. The lowest BCUT2D eigenvalue weighted by atomic mass is 10.3. The van der Waals surface area contributed by atoms with Gasteiger partial charge in [0.1, 0.15) is 0 Å². The fraction of sp³-hybridized carbons (Fsp3) is 0.400. The van der Waals surface area contributed by atoms with Crippen molar-refractivity contribution in [2.75, 3.05) is 0 Å². The summed E-state index contributed by atoms with van der Waals surface area (Å²) in [7, 11) is -1.52. The van der Waals surface area contributed by atoms with E-state index in [1.807, 2.05) is 0 Å². The topological polar surface area (TPSA) is 0 Å². The van der Waals surface area contributed by atoms with Crippen LogP contribution in [0.2, 0.25) is 0 Å². The van der Waals surface area contributed by atoms with Gasteiger partial charge < -0.3 is 0 Å². The Labute approximate surface area is 70.1 Å². The molecule has 0 rings (SSSR count). The zero-order valence-electron chi connectivity index (χ0n) is 7.40. The van der Waals surface area contributed by atoms with Crippen molar-refractivity contribution in [1.29, 1.82) is 0 Å². The van der Waals surface area contributed by atoms with Crippen LogP contribution in [0.4, 0.5) is 0 Å². The number of hydrogen-bond acceptors (Lipinski definition) is 0. The van der Waals surface area contributed by atoms with E-state index in [9.17, 15) is 0 Å². The van der Waals surface area contributed by atoms with Gasteiger partial charge in [0, 0.05) is 4.75 Å². The van der Waals surface area contributed by atoms with Gasteiger partial charge in [0.15, 0.2) is 0 Å². The Hall–Kier alpha value is -0.790. The molecular formula is C10H14S. The monoisotopic (exact) mass is 166 g/mol. The normalized spacial score (nSPS) is 11.1. The molecule has 0 heterocycles. The van der Waals surface area contributed by atoms with Gasteiger partial charge in [-0.1, -0.05) is 19.3 Å². The van der Waals surface area contributed by atoms with Crippen LogP contribution in [0.25, 0.3) is 0 Å². The third-order valence-corrected chi connectivity index (χ3v) is 4.59. The van der Waals surface area contributed by atoms with E-state index in [0.717, 1.165) is 0 Å². The highest BCUT2D eigenvalue weighted by Crippen LogP contribution is 2.36. The molecule has 0 aromatic heterocycles. The average molecular weight is 166 g/mol. The molecule has 11 heavy (non-hydrogen) atoms. The van der Waals surface area contributed by atoms with Gasteiger partial charge in [0.2, 0.25) is 0 Å². The Balaban J connectivity index is 5.96. The molecule has 0 aliphatic heterocycles. The molecule has 0 amide bonds. The summed E-state index contributed by atoms with van der Waals surface area (Å²) in [5.41, 5.74) is 0. The SMILES string of the molecule is C#CS(=C=C)(=C=C)C(C)(C)C. The smallest absolute Gasteiger partial charge is 0.0219 e. The van der Waals surface area contributed by atoms with Crippen molar-refractivity contribution >= 4 is 19.3 Å². The van der Waals surface area contributed by atoms with E-state index in [0.29, 0.717) is 0 Å². The second-order valence-electron chi connectivity index (χ2n) is 3.13. The average Bonchev–Trinajstić information content (AvgIpc) is 1.90. The highest BCUT2D eigenvalue weighted by atomic mass is 32.2. The first-order chi connectivity index (χ1) is 4.93. The van der Waals surface area contributed by atoms with Crippen LogP contribution < -0.4 is 0 Å². The molecule has 0 N–H and O–H groups in total. The van der Waals surface area contributed by atoms with Crippen molar-refractivity contribution in [3.63, 3.8) is 0 Å². The van der Waals surface area contributed by atoms with E-state index in [1.54, 1.807) is 0 Å². The first kappa shape index (κ1) is 10.2. The molecule has 60 valence electrons. The van der Waals surface area contributed by atoms with Gasteiger partial charge in [0.05, 0.1) is 0 Å². The molecule has 0 radical (unpaired) electrons. The minimum atomic E-state index is -1.52. The molecule has 0 saturated carbocycles. The standard InChI is InChI=1S/C10H14S/c1-7-11(8-2,9-3)10(4,5)6/h1H,2-3H2,4-6H3. The Morgan fingerprint density at radius 1 is 1.18 bits per heavy atom. The van der Waals surface area contributed by atoms with E-state index < -0.39 is 9.21 Å². The lowest BCUT2D eigenvalue weighted by molar-refractivity contribution is 0.805. The molecule has 0 aliphatic carbocycles. The lowest BCUT2D eigenvalue weighted by Gasteiger charge is -2.22. The third-order valence-electron chi connectivity index (χ3n) is 1.53. The van der Waals surface area contributed by atoms with E-state index in [2.05, 4.69) is 49.2 Å². The zero-order valence-corrected chi connectivity index (χ0v) is 8.22. The number of rotatable bonds is 0. The summed E-state index contributed by atoms with van der Waals surface area (Å²) < 4.78 is -0.0365. The van der Waals surface area contributed by atoms with Gasteiger partial charge in [-0.3, -0.25) is 0 Å². The summed E-state index contributed by atoms with van der Waals surface area (Å²) in [6.07, 6.45) is 5.40. The van der Waals surface area contributed by atoms with Crippen LogP contribution in [-0.4, -0.2) is 14.8 Å². The fourth-order valence-corrected chi connectivity index (χ4v) is 2.23. The van der Waals surface area contributed by atoms with Crippen molar-refractivity contribution in [1.82, 2.24) is 0 Å². The van der Waals surface area contributed by atoms with E-state index >= 15 is 0 Å². The Morgan fingerprint density at radius 2 is 1.55 bits per heavy atom. The van der Waals surface area contributed by atoms with Crippen LogP contribution in [0.5, 0.6) is 0 Å². The second kappa shape index (κ2) is 3.07. The van der Waals surface area contributed by atoms with Crippen LogP contribution in [0.15, 0.2) is 13.2 Å². The first-order valence-corrected chi connectivity index (χ1v) is 4.95. The zero-order chi connectivity index (χ0) is 9.12. The first-order valence-electron chi connectivity index (χ1n) is 3.31. The molecule has 1 heteroatoms. The predicted molar refractivity (Wildman–Crippen MR) is 57.4 cm³/mol. The van der Waals surface area contributed by atoms with Crippen molar-refractivity contribution < 1.29 is 0 Å². The lowest BCUT2D eigenvalue weighted by Crippen LogP contribution is -2.13. The highest BCUT2D eigenvalue weighted by molar-refractivity contribution is 8.33. The minimum Gasteiger partial charge on any atom is -0.108 e. The van der Waals surface area contributed by atoms with Crippen LogP contribution in [0, 0.1) is 11.7 Å². The predicted octanol–water partition coefficient (Wildman–Crippen LogP) is 2.35. The van der Waals surface area contributed by atoms with Crippen LogP contribution in [0.1, 0.15) is 20.8 Å². The summed E-state index contributed by atoms with van der Waals surface area (Å²) in [5, 5.41) is 8.45. The highest BCUT2D eigenvalue weighted by Gasteiger charge is 2.18. The Bertz CT molecular complexity index is 319. The van der Waals surface area contributed by atoms with Gasteiger partial charge in [-0.25, -0.2) is 0 Å². The maximum Gasteiger partial charge on any atom is 0.0219 e. The molecule has 0 aromatic carbocycles. The van der Waals surface area contributed by atoms with Gasteiger partial charge in [-0.15, -0.1) is 6.42 Å². The summed E-state index contributed by atoms with van der Waals surface area (Å²) in [6.45, 7) is 13.4. The molecule has 0 unspecified atom stereocenters. The molecular weight excluding hydrogens is 152 g/mol. The maximum absolute atomic E-state index is 5.40. The van der Waals surface area contributed by atoms with Crippen LogP contribution in [0.3, 0.4) is 0 Å². The van der Waals surface area contributed by atoms with Gasteiger partial charge in [0.25, 0.3) is 0 Å². The molecule has 0 nitrogen and oxygen atoms in total. The van der Waals surface area contributed by atoms with Crippen molar-refractivity contribution in [3.05, 3.63) is 13.2 Å². The number of terminal acetylenes is 1. The Kier molecular flexibility index (Phi) is 2.85. The third kappa shape index (κ3) is 1.62. The Morgan fingerprint density at radius 3 is 1.55 bits per heavy atom. The van der Waals surface area contributed by atoms with Crippen LogP contribution >= 0.6 is 9.21 Å². The molecule has 0 spiro atoms. The molecule has 0 aromatic rings. The summed E-state index contributed by atoms with van der Waals surface area (Å²) in [4.78, 5) is 0. The maximum atomic E-state index is 5.40. The number of hydrogen-bond donors (Lipinski definition) is 0. The van der Waals surface area contributed by atoms with Gasteiger partial charge >= 0.3 is 0 Å². The van der Waals surface area contributed by atoms with E-state index in [1.165, 1.54) is 0 Å². The molecule has 0 bridgehead atoms. The van der Waals surface area contributed by atoms with Crippen molar-refractivity contribution in [2.24, 2.45) is 0 Å². The van der Waals surface area contributed by atoms with E-state index in [4.69, 9.17) is 6.42 Å². The summed E-state index contributed by atoms with van der Waals surface area (Å²) in [6, 6.07) is 0. The molecule has 0 saturated heterocycles. The second-order valence-corrected chi connectivity index (χ2v) is 6.39. The molecule has 0 atom stereocenters. The largest absolute Gasteiger partial charge is 0.108 e. The van der Waals surface area contributed by atoms with Gasteiger partial charge in [-0.05, 0) is 39.2 Å². The van der Waals surface area contributed by atoms with Crippen molar-refractivity contribution in [2.45, 2.75) is 25.5 Å². The van der Waals surface area contributed by atoms with Crippen molar-refractivity contribution in [3.8, 4) is 11.7 Å².